The predicted octanol–water partition coefficient (Wildman–Crippen LogP) is 3.76. The normalized spacial score (nSPS) is 9.84. The van der Waals surface area contributed by atoms with Crippen LogP contribution in [0.1, 0.15) is 30.9 Å². The third kappa shape index (κ3) is 2.84. The van der Waals surface area contributed by atoms with E-state index in [1.807, 2.05) is 12.1 Å². The van der Waals surface area contributed by atoms with E-state index in [4.69, 9.17) is 15.3 Å². The average Bonchev–Trinajstić information content (AvgIpc) is 2.46. The van der Waals surface area contributed by atoms with Gasteiger partial charge in [-0.1, -0.05) is 19.4 Å². The molecule has 0 fully saturated rings. The number of hydrogen-bond acceptors (Lipinski definition) is 3. The summed E-state index contributed by atoms with van der Waals surface area (Å²) in [7, 11) is 0. The fourth-order valence-corrected chi connectivity index (χ4v) is 1.88. The highest BCUT2D eigenvalue weighted by molar-refractivity contribution is 5.87. The van der Waals surface area contributed by atoms with Gasteiger partial charge in [-0.3, -0.25) is 0 Å². The highest BCUT2D eigenvalue weighted by Crippen LogP contribution is 2.26. The Morgan fingerprint density at radius 3 is 2.58 bits per heavy atom. The Kier molecular flexibility index (Phi) is 4.00. The number of nitrogens with zero attached hydrogens (tertiary/aromatic N) is 2. The summed E-state index contributed by atoms with van der Waals surface area (Å²) in [5.74, 6) is 0.619. The Morgan fingerprint density at radius 1 is 1.05 bits per heavy atom. The number of fused-ring (bicyclic) bond motifs is 1. The lowest BCUT2D eigenvalue weighted by atomic mass is 10.0. The molecule has 0 aliphatic heterocycles. The van der Waals surface area contributed by atoms with Gasteiger partial charge in [0.1, 0.15) is 11.8 Å². The quantitative estimate of drug-likeness (QED) is 0.776. The zero-order valence-electron chi connectivity index (χ0n) is 10.8. The van der Waals surface area contributed by atoms with E-state index in [1.165, 1.54) is 0 Å². The van der Waals surface area contributed by atoms with E-state index in [-0.39, 0.29) is 0 Å². The molecule has 0 aliphatic rings. The van der Waals surface area contributed by atoms with Gasteiger partial charge in [-0.2, -0.15) is 10.5 Å². The fraction of sp³-hybridized carbons (Fsp3) is 0.250. The molecule has 3 heteroatoms. The molecule has 0 radical (unpaired) electrons. The van der Waals surface area contributed by atoms with E-state index in [9.17, 15) is 0 Å². The first-order chi connectivity index (χ1) is 9.28. The first-order valence-corrected chi connectivity index (χ1v) is 6.29. The zero-order valence-corrected chi connectivity index (χ0v) is 10.8. The topological polar surface area (TPSA) is 56.8 Å². The molecule has 0 atom stereocenters. The molecule has 2 aromatic carbocycles. The molecule has 19 heavy (non-hydrogen) atoms. The lowest BCUT2D eigenvalue weighted by Gasteiger charge is -2.09. The third-order valence-corrected chi connectivity index (χ3v) is 2.94. The summed E-state index contributed by atoms with van der Waals surface area (Å²) in [6, 6.07) is 13.3. The molecule has 0 aliphatic carbocycles. The lowest BCUT2D eigenvalue weighted by Crippen LogP contribution is -1.98. The lowest BCUT2D eigenvalue weighted by molar-refractivity contribution is 0.309. The van der Waals surface area contributed by atoms with Crippen molar-refractivity contribution in [2.75, 3.05) is 6.61 Å². The van der Waals surface area contributed by atoms with E-state index in [0.29, 0.717) is 23.5 Å². The van der Waals surface area contributed by atoms with Crippen LogP contribution in [0.5, 0.6) is 5.75 Å². The van der Waals surface area contributed by atoms with Crippen LogP contribution in [0.4, 0.5) is 0 Å². The molecule has 2 aromatic rings. The number of hydrogen-bond donors (Lipinski definition) is 0. The van der Waals surface area contributed by atoms with E-state index >= 15 is 0 Å². The number of unbranched alkanes of at least 4 members (excludes halogenated alkanes) is 1. The molecule has 3 nitrogen and oxygen atoms in total. The first-order valence-electron chi connectivity index (χ1n) is 6.29. The molecule has 0 saturated heterocycles. The molecular formula is C16H14N2O. The van der Waals surface area contributed by atoms with Gasteiger partial charge in [0, 0.05) is 0 Å². The van der Waals surface area contributed by atoms with Gasteiger partial charge < -0.3 is 4.74 Å². The van der Waals surface area contributed by atoms with Crippen molar-refractivity contribution in [3.8, 4) is 17.9 Å². The molecule has 0 aromatic heterocycles. The molecule has 0 N–H and O–H groups in total. The summed E-state index contributed by atoms with van der Waals surface area (Å²) in [4.78, 5) is 0. The number of ether oxygens (including phenoxy) is 1. The molecule has 0 bridgehead atoms. The van der Waals surface area contributed by atoms with Crippen molar-refractivity contribution < 1.29 is 4.74 Å². The minimum Gasteiger partial charge on any atom is -0.492 e. The van der Waals surface area contributed by atoms with Crippen LogP contribution in [0.25, 0.3) is 10.8 Å². The number of nitriles is 2. The monoisotopic (exact) mass is 250 g/mol. The van der Waals surface area contributed by atoms with E-state index in [2.05, 4.69) is 19.1 Å². The zero-order chi connectivity index (χ0) is 13.7. The maximum absolute atomic E-state index is 9.17. The minimum absolute atomic E-state index is 0.513. The fourth-order valence-electron chi connectivity index (χ4n) is 1.88. The Labute approximate surface area is 112 Å². The summed E-state index contributed by atoms with van der Waals surface area (Å²) in [6.07, 6.45) is 2.03. The van der Waals surface area contributed by atoms with Gasteiger partial charge in [0.25, 0.3) is 0 Å². The Morgan fingerprint density at radius 2 is 1.89 bits per heavy atom. The van der Waals surface area contributed by atoms with Crippen LogP contribution in [-0.2, 0) is 0 Å². The van der Waals surface area contributed by atoms with Crippen molar-refractivity contribution in [3.63, 3.8) is 0 Å². The van der Waals surface area contributed by atoms with E-state index in [0.717, 1.165) is 23.6 Å². The molecule has 0 spiro atoms. The summed E-state index contributed by atoms with van der Waals surface area (Å²) >= 11 is 0. The highest BCUT2D eigenvalue weighted by atomic mass is 16.5. The maximum atomic E-state index is 9.17. The van der Waals surface area contributed by atoms with Crippen LogP contribution in [0.2, 0.25) is 0 Å². The first kappa shape index (κ1) is 12.9. The molecule has 94 valence electrons. The number of rotatable bonds is 4. The van der Waals surface area contributed by atoms with Gasteiger partial charge in [0.05, 0.1) is 23.8 Å². The molecule has 0 amide bonds. The molecule has 2 rings (SSSR count). The van der Waals surface area contributed by atoms with Crippen LogP contribution in [0.15, 0.2) is 30.3 Å². The van der Waals surface area contributed by atoms with Crippen molar-refractivity contribution in [1.82, 2.24) is 0 Å². The van der Waals surface area contributed by atoms with Gasteiger partial charge in [-0.25, -0.2) is 0 Å². The van der Waals surface area contributed by atoms with Gasteiger partial charge in [0.15, 0.2) is 0 Å². The standard InChI is InChI=1S/C16H14N2O/c1-2-3-6-19-16-9-13-5-4-12(10-17)7-14(13)8-15(16)11-18/h4-5,7-9H,2-3,6H2,1H3. The average molecular weight is 250 g/mol. The van der Waals surface area contributed by atoms with Crippen molar-refractivity contribution in [2.45, 2.75) is 19.8 Å². The molecule has 0 saturated carbocycles. The maximum Gasteiger partial charge on any atom is 0.137 e. The Balaban J connectivity index is 2.43. The van der Waals surface area contributed by atoms with E-state index in [1.54, 1.807) is 18.2 Å². The summed E-state index contributed by atoms with van der Waals surface area (Å²) in [5, 5.41) is 19.9. The van der Waals surface area contributed by atoms with Gasteiger partial charge >= 0.3 is 0 Å². The van der Waals surface area contributed by atoms with Crippen LogP contribution < -0.4 is 4.74 Å². The van der Waals surface area contributed by atoms with Gasteiger partial charge in [0.2, 0.25) is 0 Å². The second-order valence-corrected chi connectivity index (χ2v) is 4.34. The van der Waals surface area contributed by atoms with Crippen molar-refractivity contribution >= 4 is 10.8 Å². The van der Waals surface area contributed by atoms with Gasteiger partial charge in [-0.15, -0.1) is 0 Å². The van der Waals surface area contributed by atoms with Gasteiger partial charge in [-0.05, 0) is 41.5 Å². The third-order valence-electron chi connectivity index (χ3n) is 2.94. The summed E-state index contributed by atoms with van der Waals surface area (Å²) in [6.45, 7) is 2.71. The molecular weight excluding hydrogens is 236 g/mol. The number of benzene rings is 2. The largest absolute Gasteiger partial charge is 0.492 e. The Bertz CT molecular complexity index is 677. The summed E-state index contributed by atoms with van der Waals surface area (Å²) in [5.41, 5.74) is 1.11. The summed E-state index contributed by atoms with van der Waals surface area (Å²) < 4.78 is 5.65. The predicted molar refractivity (Wildman–Crippen MR) is 73.8 cm³/mol. The van der Waals surface area contributed by atoms with Crippen molar-refractivity contribution in [2.24, 2.45) is 0 Å². The Hall–Kier alpha value is -2.52. The van der Waals surface area contributed by atoms with Crippen LogP contribution in [-0.4, -0.2) is 6.61 Å². The van der Waals surface area contributed by atoms with Crippen LogP contribution in [0.3, 0.4) is 0 Å². The highest BCUT2D eigenvalue weighted by Gasteiger charge is 2.06. The molecule has 0 heterocycles. The van der Waals surface area contributed by atoms with Crippen molar-refractivity contribution in [3.05, 3.63) is 41.5 Å². The molecule has 0 unspecified atom stereocenters. The van der Waals surface area contributed by atoms with Crippen LogP contribution in [0, 0.1) is 22.7 Å². The minimum atomic E-state index is 0.513. The second-order valence-electron chi connectivity index (χ2n) is 4.34. The second kappa shape index (κ2) is 5.89. The van der Waals surface area contributed by atoms with Crippen molar-refractivity contribution in [1.29, 1.82) is 10.5 Å². The van der Waals surface area contributed by atoms with E-state index < -0.39 is 0 Å². The smallest absolute Gasteiger partial charge is 0.137 e. The van der Waals surface area contributed by atoms with Crippen LogP contribution >= 0.6 is 0 Å². The SMILES string of the molecule is CCCCOc1cc2ccc(C#N)cc2cc1C#N.